The molecule has 0 aliphatic carbocycles. The van der Waals surface area contributed by atoms with E-state index in [-0.39, 0.29) is 64.5 Å². The number of rotatable bonds is 0. The van der Waals surface area contributed by atoms with Gasteiger partial charge < -0.3 is 11.0 Å². The van der Waals surface area contributed by atoms with E-state index in [0.29, 0.717) is 0 Å². The van der Waals surface area contributed by atoms with Crippen LogP contribution in [0.1, 0.15) is 0 Å². The van der Waals surface area contributed by atoms with Gasteiger partial charge in [0.1, 0.15) is 0 Å². The summed E-state index contributed by atoms with van der Waals surface area (Å²) in [6.07, 6.45) is 0. The average molecular weight is 336 g/mol. The maximum atomic E-state index is 0. The van der Waals surface area contributed by atoms with Crippen molar-refractivity contribution in [3.05, 3.63) is 0 Å². The first-order valence-electron chi connectivity index (χ1n) is 0. The predicted molar refractivity (Wildman–Crippen MR) is 15.8 cm³/mol. The van der Waals surface area contributed by atoms with Gasteiger partial charge >= 0.3 is 27.3 Å². The second-order valence-corrected chi connectivity index (χ2v) is 0. The minimum absolute atomic E-state index is 0. The van der Waals surface area contributed by atoms with Crippen molar-refractivity contribution in [1.29, 1.82) is 0 Å². The molecule has 0 rings (SSSR count). The van der Waals surface area contributed by atoms with Crippen LogP contribution in [0.25, 0.3) is 0 Å². The summed E-state index contributed by atoms with van der Waals surface area (Å²) in [5.74, 6) is 0. The molecule has 0 spiro atoms. The molecule has 0 aliphatic heterocycles. The van der Waals surface area contributed by atoms with Gasteiger partial charge in [-0.15, -0.1) is 0 Å². The monoisotopic (exact) mass is 336 g/mol. The van der Waals surface area contributed by atoms with Gasteiger partial charge in [-0.25, -0.2) is 0 Å². The van der Waals surface area contributed by atoms with E-state index < -0.39 is 0 Å². The second kappa shape index (κ2) is 22.0. The first-order chi connectivity index (χ1) is 0. The molecule has 4 heavy (non-hydrogen) atoms. The van der Waals surface area contributed by atoms with E-state index in [1.807, 2.05) is 0 Å². The van der Waals surface area contributed by atoms with Crippen molar-refractivity contribution in [3.63, 3.8) is 0 Å². The van der Waals surface area contributed by atoms with Crippen molar-refractivity contribution in [2.24, 2.45) is 0 Å². The van der Waals surface area contributed by atoms with E-state index >= 15 is 0 Å². The molecule has 4 heteroatoms. The smallest absolute Gasteiger partial charge is 0 e. The molecular weight excluding hydrogens is 330 g/mol. The topological polar surface area (TPSA) is 63.0 Å². The van der Waals surface area contributed by atoms with Gasteiger partial charge in [0.2, 0.25) is 0 Å². The summed E-state index contributed by atoms with van der Waals surface area (Å²) >= 11 is 0. The van der Waals surface area contributed by atoms with Crippen molar-refractivity contribution < 1.29 is 37.2 Å². The van der Waals surface area contributed by atoms with Crippen LogP contribution in [-0.4, -0.2) is 38.3 Å². The maximum absolute atomic E-state index is 0. The Labute approximate surface area is 63.9 Å². The zero-order valence-electron chi connectivity index (χ0n) is 2.21. The third-order valence-electron chi connectivity index (χ3n) is 0. The van der Waals surface area contributed by atoms with Crippen molar-refractivity contribution in [2.45, 2.75) is 0 Å². The molecule has 0 aromatic rings. The molecule has 0 fully saturated rings. The summed E-state index contributed by atoms with van der Waals surface area (Å²) < 4.78 is 0. The normalized spacial score (nSPS) is 0. The van der Waals surface area contributed by atoms with Gasteiger partial charge in [0, 0.05) is 26.2 Å². The Bertz CT molecular complexity index is 6.00. The first kappa shape index (κ1) is 42.9. The summed E-state index contributed by atoms with van der Waals surface area (Å²) in [6, 6.07) is 0. The van der Waals surface area contributed by atoms with E-state index in [1.54, 1.807) is 0 Å². The van der Waals surface area contributed by atoms with Gasteiger partial charge in [-0.1, -0.05) is 0 Å². The van der Waals surface area contributed by atoms with Crippen molar-refractivity contribution in [3.8, 4) is 0 Å². The van der Waals surface area contributed by atoms with Gasteiger partial charge in [-0.05, 0) is 0 Å². The van der Waals surface area contributed by atoms with Crippen LogP contribution in [0.15, 0.2) is 0 Å². The molecular formula is H6O2PbZr. The molecule has 0 amide bonds. The molecule has 0 heterocycles. The van der Waals surface area contributed by atoms with Crippen LogP contribution in [-0.2, 0) is 26.2 Å². The van der Waals surface area contributed by atoms with E-state index in [1.165, 1.54) is 0 Å². The van der Waals surface area contributed by atoms with Crippen LogP contribution in [0.2, 0.25) is 0 Å². The average Bonchev–Trinajstić information content (AvgIpc) is 0. The quantitative estimate of drug-likeness (QED) is 0.437. The fourth-order valence-electron chi connectivity index (χ4n) is 0. The standard InChI is InChI=1S/2H2O.Pb.Zr.2H/h2*1H2;;;;. The fourth-order valence-corrected chi connectivity index (χ4v) is 0. The summed E-state index contributed by atoms with van der Waals surface area (Å²) in [6.45, 7) is 0. The van der Waals surface area contributed by atoms with E-state index in [0.717, 1.165) is 0 Å². The van der Waals surface area contributed by atoms with Crippen molar-refractivity contribution in [2.75, 3.05) is 0 Å². The largest absolute Gasteiger partial charge is 0 e. The van der Waals surface area contributed by atoms with Crippen LogP contribution in [0.3, 0.4) is 0 Å². The predicted octanol–water partition coefficient (Wildman–Crippen LogP) is -2.57. The molecule has 0 aliphatic rings. The Kier molecular flexibility index (Phi) is 237. The molecule has 0 bridgehead atoms. The number of hydrogen-bond acceptors (Lipinski definition) is 0. The molecule has 0 unspecified atom stereocenters. The molecule has 2 radical (unpaired) electrons. The van der Waals surface area contributed by atoms with Crippen LogP contribution in [0, 0.1) is 0 Å². The van der Waals surface area contributed by atoms with Crippen molar-refractivity contribution in [1.82, 2.24) is 0 Å². The van der Waals surface area contributed by atoms with E-state index in [9.17, 15) is 0 Å². The fraction of sp³-hybridized carbons (Fsp3) is 0. The summed E-state index contributed by atoms with van der Waals surface area (Å²) in [5, 5.41) is 0. The third kappa shape index (κ3) is 9.30. The van der Waals surface area contributed by atoms with Crippen LogP contribution in [0.5, 0.6) is 0 Å². The Morgan fingerprint density at radius 1 is 0.750 bits per heavy atom. The van der Waals surface area contributed by atoms with Gasteiger partial charge in [0.05, 0.1) is 0 Å². The molecule has 0 saturated heterocycles. The zero-order valence-corrected chi connectivity index (χ0v) is 10.2. The molecule has 0 aromatic carbocycles. The van der Waals surface area contributed by atoms with Crippen LogP contribution < -0.4 is 0 Å². The van der Waals surface area contributed by atoms with E-state index in [2.05, 4.69) is 0 Å². The minimum Gasteiger partial charge on any atom is 0 e. The van der Waals surface area contributed by atoms with Gasteiger partial charge in [0.15, 0.2) is 0 Å². The minimum atomic E-state index is 0. The summed E-state index contributed by atoms with van der Waals surface area (Å²) in [7, 11) is 0. The first-order valence-corrected chi connectivity index (χ1v) is 0. The Morgan fingerprint density at radius 2 is 0.750 bits per heavy atom. The second-order valence-electron chi connectivity index (χ2n) is 0. The Balaban J connectivity index is 0. The molecule has 0 saturated carbocycles. The maximum Gasteiger partial charge on any atom is 0 e. The third-order valence-corrected chi connectivity index (χ3v) is 0. The van der Waals surface area contributed by atoms with Crippen LogP contribution >= 0.6 is 0 Å². The molecule has 4 N–H and O–H groups in total. The van der Waals surface area contributed by atoms with Crippen molar-refractivity contribution >= 4 is 27.3 Å². The summed E-state index contributed by atoms with van der Waals surface area (Å²) in [4.78, 5) is 0. The van der Waals surface area contributed by atoms with Gasteiger partial charge in [-0.2, -0.15) is 0 Å². The Hall–Kier alpha value is 1.73. The zero-order chi connectivity index (χ0) is 0. The number of hydrogen-bond donors (Lipinski definition) is 0. The van der Waals surface area contributed by atoms with Crippen LogP contribution in [0.4, 0.5) is 0 Å². The SMILES string of the molecule is O.O.[PbH2].[Zr]. The molecule has 0 atom stereocenters. The summed E-state index contributed by atoms with van der Waals surface area (Å²) in [5.41, 5.74) is 0. The molecule has 2 nitrogen and oxygen atoms in total. The molecule has 0 aromatic heterocycles. The van der Waals surface area contributed by atoms with Gasteiger partial charge in [0.25, 0.3) is 0 Å². The Morgan fingerprint density at radius 3 is 0.750 bits per heavy atom. The van der Waals surface area contributed by atoms with Gasteiger partial charge in [-0.3, -0.25) is 0 Å². The van der Waals surface area contributed by atoms with E-state index in [4.69, 9.17) is 0 Å². The molecule has 26 valence electrons.